The summed E-state index contributed by atoms with van der Waals surface area (Å²) in [7, 11) is 4.36. The summed E-state index contributed by atoms with van der Waals surface area (Å²) in [5, 5.41) is 0. The molecule has 32 heavy (non-hydrogen) atoms. The van der Waals surface area contributed by atoms with Crippen molar-refractivity contribution in [1.82, 2.24) is 14.7 Å². The summed E-state index contributed by atoms with van der Waals surface area (Å²) < 4.78 is 6.40. The normalized spacial score (nSPS) is 31.2. The van der Waals surface area contributed by atoms with Crippen LogP contribution in [-0.4, -0.2) is 79.6 Å². The molecular formula is C27H41N3O2. The number of piperidine rings is 1. The number of likely N-dealkylation sites (tertiary alicyclic amines) is 2. The Kier molecular flexibility index (Phi) is 6.87. The van der Waals surface area contributed by atoms with Gasteiger partial charge in [-0.05, 0) is 101 Å². The first-order chi connectivity index (χ1) is 15.6. The van der Waals surface area contributed by atoms with Crippen LogP contribution < -0.4 is 0 Å². The van der Waals surface area contributed by atoms with Crippen molar-refractivity contribution < 1.29 is 9.53 Å². The van der Waals surface area contributed by atoms with Crippen LogP contribution >= 0.6 is 0 Å². The van der Waals surface area contributed by atoms with Gasteiger partial charge in [0.15, 0.2) is 0 Å². The maximum atomic E-state index is 13.3. The highest BCUT2D eigenvalue weighted by Gasteiger charge is 2.45. The third-order valence-corrected chi connectivity index (χ3v) is 8.33. The van der Waals surface area contributed by atoms with Gasteiger partial charge in [-0.15, -0.1) is 0 Å². The van der Waals surface area contributed by atoms with Crippen molar-refractivity contribution >= 4 is 5.91 Å². The Morgan fingerprint density at radius 1 is 1.00 bits per heavy atom. The molecule has 2 heterocycles. The SMILES string of the molecule is CN(C)[C@@H]1C[C@@H]2CN(C(=O)c3ccc(CN4CCCCC4)cc3)C[C@@H]2C[C@H]1OCC1CC1. The number of carbonyl (C=O) groups excluding carboxylic acids is 1. The lowest BCUT2D eigenvalue weighted by molar-refractivity contribution is -0.0493. The maximum absolute atomic E-state index is 13.3. The summed E-state index contributed by atoms with van der Waals surface area (Å²) in [5.74, 6) is 2.19. The molecule has 2 aliphatic heterocycles. The molecule has 5 heteroatoms. The van der Waals surface area contributed by atoms with Gasteiger partial charge in [0, 0.05) is 37.8 Å². The number of fused-ring (bicyclic) bond motifs is 1. The molecule has 176 valence electrons. The molecule has 4 atom stereocenters. The molecule has 0 spiro atoms. The van der Waals surface area contributed by atoms with Crippen LogP contribution in [0.3, 0.4) is 0 Å². The average Bonchev–Trinajstić information content (AvgIpc) is 3.54. The third kappa shape index (κ3) is 5.21. The molecule has 4 fully saturated rings. The van der Waals surface area contributed by atoms with Crippen molar-refractivity contribution in [2.45, 2.75) is 63.6 Å². The predicted molar refractivity (Wildman–Crippen MR) is 128 cm³/mol. The number of carbonyl (C=O) groups is 1. The standard InChI is InChI=1S/C27H41N3O2/c1-28(2)25-14-23-17-30(18-24(23)15-26(25)32-19-21-6-7-21)27(31)22-10-8-20(9-11-22)16-29-12-4-3-5-13-29/h8-11,21,23-26H,3-7,12-19H2,1-2H3/t23-,24+,25-,26-/m1/s1. The van der Waals surface area contributed by atoms with E-state index in [1.165, 1.54) is 50.8 Å². The number of amides is 1. The van der Waals surface area contributed by atoms with Crippen LogP contribution in [0.25, 0.3) is 0 Å². The lowest BCUT2D eigenvalue weighted by atomic mass is 9.77. The van der Waals surface area contributed by atoms with E-state index in [-0.39, 0.29) is 5.91 Å². The van der Waals surface area contributed by atoms with Crippen LogP contribution in [0.1, 0.15) is 60.9 Å². The van der Waals surface area contributed by atoms with E-state index < -0.39 is 0 Å². The van der Waals surface area contributed by atoms with Gasteiger partial charge < -0.3 is 14.5 Å². The molecule has 0 radical (unpaired) electrons. The summed E-state index contributed by atoms with van der Waals surface area (Å²) >= 11 is 0. The van der Waals surface area contributed by atoms with E-state index in [9.17, 15) is 4.79 Å². The minimum absolute atomic E-state index is 0.209. The molecule has 0 bridgehead atoms. The monoisotopic (exact) mass is 439 g/mol. The van der Waals surface area contributed by atoms with Gasteiger partial charge >= 0.3 is 0 Å². The van der Waals surface area contributed by atoms with Gasteiger partial charge in [0.1, 0.15) is 0 Å². The Balaban J connectivity index is 1.18. The summed E-state index contributed by atoms with van der Waals surface area (Å²) in [6.07, 6.45) is 9.23. The molecular weight excluding hydrogens is 398 g/mol. The fourth-order valence-corrected chi connectivity index (χ4v) is 6.13. The molecule has 2 saturated carbocycles. The average molecular weight is 440 g/mol. The Bertz CT molecular complexity index is 770. The number of benzene rings is 1. The van der Waals surface area contributed by atoms with Crippen LogP contribution in [0.5, 0.6) is 0 Å². The van der Waals surface area contributed by atoms with Crippen LogP contribution in [-0.2, 0) is 11.3 Å². The molecule has 1 aromatic rings. The molecule has 2 aliphatic carbocycles. The van der Waals surface area contributed by atoms with Crippen LogP contribution in [0.4, 0.5) is 0 Å². The second-order valence-electron chi connectivity index (χ2n) is 11.1. The Morgan fingerprint density at radius 3 is 2.34 bits per heavy atom. The first-order valence-corrected chi connectivity index (χ1v) is 13.0. The quantitative estimate of drug-likeness (QED) is 0.646. The van der Waals surface area contributed by atoms with E-state index in [2.05, 4.69) is 40.9 Å². The first kappa shape index (κ1) is 22.4. The zero-order valence-corrected chi connectivity index (χ0v) is 20.0. The maximum Gasteiger partial charge on any atom is 0.253 e. The van der Waals surface area contributed by atoms with Gasteiger partial charge in [-0.25, -0.2) is 0 Å². The second kappa shape index (κ2) is 9.82. The third-order valence-electron chi connectivity index (χ3n) is 8.33. The molecule has 1 aromatic carbocycles. The molecule has 2 saturated heterocycles. The van der Waals surface area contributed by atoms with Gasteiger partial charge in [0.25, 0.3) is 5.91 Å². The minimum atomic E-state index is 0.209. The highest BCUT2D eigenvalue weighted by Crippen LogP contribution is 2.40. The summed E-state index contributed by atoms with van der Waals surface area (Å²) in [5.41, 5.74) is 2.17. The van der Waals surface area contributed by atoms with Crippen LogP contribution in [0, 0.1) is 17.8 Å². The van der Waals surface area contributed by atoms with Gasteiger partial charge in [0.05, 0.1) is 6.10 Å². The number of ether oxygens (including phenoxy) is 1. The first-order valence-electron chi connectivity index (χ1n) is 13.0. The Labute approximate surface area is 194 Å². The van der Waals surface area contributed by atoms with Crippen molar-refractivity contribution in [3.8, 4) is 0 Å². The number of hydrogen-bond donors (Lipinski definition) is 0. The van der Waals surface area contributed by atoms with Crippen molar-refractivity contribution in [2.24, 2.45) is 17.8 Å². The highest BCUT2D eigenvalue weighted by molar-refractivity contribution is 5.94. The van der Waals surface area contributed by atoms with Gasteiger partial charge in [-0.1, -0.05) is 18.6 Å². The van der Waals surface area contributed by atoms with E-state index >= 15 is 0 Å². The predicted octanol–water partition coefficient (Wildman–Crippen LogP) is 3.88. The molecule has 5 rings (SSSR count). The van der Waals surface area contributed by atoms with Crippen molar-refractivity contribution in [3.63, 3.8) is 0 Å². The Morgan fingerprint density at radius 2 is 1.69 bits per heavy atom. The lowest BCUT2D eigenvalue weighted by Gasteiger charge is -2.41. The lowest BCUT2D eigenvalue weighted by Crippen LogP contribution is -2.48. The zero-order valence-electron chi connectivity index (χ0n) is 20.0. The van der Waals surface area contributed by atoms with Gasteiger partial charge in [0.2, 0.25) is 0 Å². The number of hydrogen-bond acceptors (Lipinski definition) is 4. The van der Waals surface area contributed by atoms with E-state index in [1.807, 2.05) is 12.1 Å². The summed E-state index contributed by atoms with van der Waals surface area (Å²) in [6.45, 7) is 6.14. The Hall–Kier alpha value is -1.43. The number of likely N-dealkylation sites (N-methyl/N-ethyl adjacent to an activating group) is 1. The molecule has 0 unspecified atom stereocenters. The smallest absolute Gasteiger partial charge is 0.253 e. The topological polar surface area (TPSA) is 36.0 Å². The van der Waals surface area contributed by atoms with E-state index in [0.717, 1.165) is 50.6 Å². The van der Waals surface area contributed by atoms with E-state index in [1.54, 1.807) is 0 Å². The molecule has 5 nitrogen and oxygen atoms in total. The second-order valence-corrected chi connectivity index (χ2v) is 11.1. The zero-order chi connectivity index (χ0) is 22.1. The van der Waals surface area contributed by atoms with E-state index in [0.29, 0.717) is 24.0 Å². The van der Waals surface area contributed by atoms with Gasteiger partial charge in [-0.2, -0.15) is 0 Å². The molecule has 0 N–H and O–H groups in total. The summed E-state index contributed by atoms with van der Waals surface area (Å²) in [4.78, 5) is 20.3. The number of rotatable bonds is 7. The van der Waals surface area contributed by atoms with E-state index in [4.69, 9.17) is 4.74 Å². The largest absolute Gasteiger partial charge is 0.376 e. The summed E-state index contributed by atoms with van der Waals surface area (Å²) in [6, 6.07) is 8.89. The number of nitrogens with zero attached hydrogens (tertiary/aromatic N) is 3. The van der Waals surface area contributed by atoms with Crippen molar-refractivity contribution in [2.75, 3.05) is 46.9 Å². The van der Waals surface area contributed by atoms with Crippen molar-refractivity contribution in [1.29, 1.82) is 0 Å². The van der Waals surface area contributed by atoms with Crippen molar-refractivity contribution in [3.05, 3.63) is 35.4 Å². The molecule has 0 aromatic heterocycles. The van der Waals surface area contributed by atoms with Gasteiger partial charge in [-0.3, -0.25) is 9.69 Å². The molecule has 1 amide bonds. The van der Waals surface area contributed by atoms with Crippen LogP contribution in [0.15, 0.2) is 24.3 Å². The highest BCUT2D eigenvalue weighted by atomic mass is 16.5. The fraction of sp³-hybridized carbons (Fsp3) is 0.741. The minimum Gasteiger partial charge on any atom is -0.376 e. The van der Waals surface area contributed by atoms with Crippen LogP contribution in [0.2, 0.25) is 0 Å². The fourth-order valence-electron chi connectivity index (χ4n) is 6.13. The molecule has 4 aliphatic rings.